The largest absolute Gasteiger partial charge is 0.296 e. The van der Waals surface area contributed by atoms with E-state index in [-0.39, 0.29) is 5.82 Å². The summed E-state index contributed by atoms with van der Waals surface area (Å²) in [5.74, 6) is -0.106. The van der Waals surface area contributed by atoms with Crippen molar-refractivity contribution >= 4 is 15.9 Å². The van der Waals surface area contributed by atoms with Crippen LogP contribution in [0.15, 0.2) is 47.2 Å². The second-order valence-electron chi connectivity index (χ2n) is 5.66. The molecule has 0 atom stereocenters. The maximum Gasteiger partial charge on any atom is 0.127 e. The zero-order valence-electron chi connectivity index (χ0n) is 12.4. The van der Waals surface area contributed by atoms with Gasteiger partial charge in [0.05, 0.1) is 0 Å². The van der Waals surface area contributed by atoms with Crippen molar-refractivity contribution in [3.8, 4) is 0 Å². The first-order valence-electron chi connectivity index (χ1n) is 7.48. The molecule has 0 unspecified atom stereocenters. The van der Waals surface area contributed by atoms with Gasteiger partial charge in [0, 0.05) is 61.7 Å². The Kier molecular flexibility index (Phi) is 5.18. The Balaban J connectivity index is 1.51. The summed E-state index contributed by atoms with van der Waals surface area (Å²) in [5.41, 5.74) is 2.00. The molecule has 0 spiro atoms. The van der Waals surface area contributed by atoms with Gasteiger partial charge in [-0.25, -0.2) is 4.39 Å². The molecule has 1 fully saturated rings. The molecule has 2 aromatic rings. The fourth-order valence-corrected chi connectivity index (χ4v) is 3.19. The van der Waals surface area contributed by atoms with E-state index >= 15 is 0 Å². The Bertz CT molecular complexity index is 627. The summed E-state index contributed by atoms with van der Waals surface area (Å²) in [7, 11) is 0. The number of aromatic nitrogens is 1. The number of rotatable bonds is 4. The van der Waals surface area contributed by atoms with Crippen molar-refractivity contribution in [2.24, 2.45) is 0 Å². The van der Waals surface area contributed by atoms with Gasteiger partial charge < -0.3 is 0 Å². The highest BCUT2D eigenvalue weighted by Crippen LogP contribution is 2.15. The number of benzene rings is 1. The summed E-state index contributed by atoms with van der Waals surface area (Å²) >= 11 is 3.46. The molecule has 1 aromatic carbocycles. The van der Waals surface area contributed by atoms with E-state index in [9.17, 15) is 4.39 Å². The van der Waals surface area contributed by atoms with Gasteiger partial charge in [0.15, 0.2) is 0 Å². The molecule has 0 radical (unpaired) electrons. The average Bonchev–Trinajstić information content (AvgIpc) is 2.52. The Morgan fingerprint density at radius 3 is 2.36 bits per heavy atom. The zero-order valence-corrected chi connectivity index (χ0v) is 14.0. The first kappa shape index (κ1) is 15.6. The van der Waals surface area contributed by atoms with Gasteiger partial charge >= 0.3 is 0 Å². The summed E-state index contributed by atoms with van der Waals surface area (Å²) in [6, 6.07) is 9.15. The van der Waals surface area contributed by atoms with E-state index < -0.39 is 0 Å². The summed E-state index contributed by atoms with van der Waals surface area (Å²) in [6.07, 6.45) is 3.71. The minimum absolute atomic E-state index is 0.106. The molecule has 0 bridgehead atoms. The van der Waals surface area contributed by atoms with Crippen molar-refractivity contribution in [3.05, 3.63) is 64.1 Å². The molecule has 1 saturated heterocycles. The average molecular weight is 364 g/mol. The molecule has 1 aliphatic heterocycles. The van der Waals surface area contributed by atoms with Crippen molar-refractivity contribution in [1.29, 1.82) is 0 Å². The van der Waals surface area contributed by atoms with Crippen molar-refractivity contribution in [2.75, 3.05) is 26.2 Å². The fourth-order valence-electron chi connectivity index (χ4n) is 2.77. The van der Waals surface area contributed by atoms with Crippen molar-refractivity contribution in [3.63, 3.8) is 0 Å². The SMILES string of the molecule is Fc1ccccc1CN1CCN(Cc2cncc(Br)c2)CC1. The third-order valence-corrected chi connectivity index (χ3v) is 4.42. The van der Waals surface area contributed by atoms with Crippen LogP contribution in [0.25, 0.3) is 0 Å². The first-order valence-corrected chi connectivity index (χ1v) is 8.27. The lowest BCUT2D eigenvalue weighted by atomic mass is 10.1. The maximum absolute atomic E-state index is 13.7. The Labute approximate surface area is 138 Å². The summed E-state index contributed by atoms with van der Waals surface area (Å²) in [5, 5.41) is 0. The van der Waals surface area contributed by atoms with Crippen LogP contribution in [0.2, 0.25) is 0 Å². The van der Waals surface area contributed by atoms with Crippen molar-refractivity contribution < 1.29 is 4.39 Å². The molecular formula is C17H19BrFN3. The number of piperazine rings is 1. The fraction of sp³-hybridized carbons (Fsp3) is 0.353. The molecule has 5 heteroatoms. The highest BCUT2D eigenvalue weighted by atomic mass is 79.9. The van der Waals surface area contributed by atoms with Crippen LogP contribution in [-0.2, 0) is 13.1 Å². The minimum Gasteiger partial charge on any atom is -0.296 e. The lowest BCUT2D eigenvalue weighted by molar-refractivity contribution is 0.121. The number of nitrogens with zero attached hydrogens (tertiary/aromatic N) is 3. The van der Waals surface area contributed by atoms with Crippen LogP contribution in [-0.4, -0.2) is 41.0 Å². The van der Waals surface area contributed by atoms with E-state index in [0.29, 0.717) is 6.54 Å². The van der Waals surface area contributed by atoms with Crippen LogP contribution in [0, 0.1) is 5.82 Å². The molecule has 0 aliphatic carbocycles. The van der Waals surface area contributed by atoms with E-state index in [1.54, 1.807) is 12.3 Å². The van der Waals surface area contributed by atoms with Crippen LogP contribution in [0.3, 0.4) is 0 Å². The van der Waals surface area contributed by atoms with Gasteiger partial charge in [0.2, 0.25) is 0 Å². The van der Waals surface area contributed by atoms with Gasteiger partial charge in [-0.05, 0) is 33.6 Å². The highest BCUT2D eigenvalue weighted by Gasteiger charge is 2.18. The van der Waals surface area contributed by atoms with Crippen molar-refractivity contribution in [2.45, 2.75) is 13.1 Å². The third-order valence-electron chi connectivity index (χ3n) is 3.98. The molecule has 0 saturated carbocycles. The van der Waals surface area contributed by atoms with Gasteiger partial charge in [-0.2, -0.15) is 0 Å². The van der Waals surface area contributed by atoms with Crippen LogP contribution in [0.5, 0.6) is 0 Å². The standard InChI is InChI=1S/C17H19BrFN3/c18-16-9-14(10-20-11-16)12-21-5-7-22(8-6-21)13-15-3-1-2-4-17(15)19/h1-4,9-11H,5-8,12-13H2. The van der Waals surface area contributed by atoms with Crippen molar-refractivity contribution in [1.82, 2.24) is 14.8 Å². The minimum atomic E-state index is -0.106. The predicted molar refractivity (Wildman–Crippen MR) is 88.9 cm³/mol. The van der Waals surface area contributed by atoms with Crippen LogP contribution in [0.1, 0.15) is 11.1 Å². The normalized spacial score (nSPS) is 16.8. The van der Waals surface area contributed by atoms with Gasteiger partial charge in [-0.15, -0.1) is 0 Å². The Morgan fingerprint density at radius 1 is 1.00 bits per heavy atom. The predicted octanol–water partition coefficient (Wildman–Crippen LogP) is 3.30. The molecule has 1 aromatic heterocycles. The monoisotopic (exact) mass is 363 g/mol. The smallest absolute Gasteiger partial charge is 0.127 e. The van der Waals surface area contributed by atoms with Gasteiger partial charge in [0.1, 0.15) is 5.82 Å². The molecule has 1 aliphatic rings. The Hall–Kier alpha value is -1.30. The summed E-state index contributed by atoms with van der Waals surface area (Å²) in [6.45, 7) is 5.55. The van der Waals surface area contributed by atoms with Crippen LogP contribution >= 0.6 is 15.9 Å². The zero-order chi connectivity index (χ0) is 15.4. The molecule has 116 valence electrons. The van der Waals surface area contributed by atoms with E-state index in [4.69, 9.17) is 0 Å². The second kappa shape index (κ2) is 7.31. The highest BCUT2D eigenvalue weighted by molar-refractivity contribution is 9.10. The molecule has 3 nitrogen and oxygen atoms in total. The lowest BCUT2D eigenvalue weighted by Crippen LogP contribution is -2.45. The molecule has 2 heterocycles. The summed E-state index contributed by atoms with van der Waals surface area (Å²) < 4.78 is 14.7. The van der Waals surface area contributed by atoms with Gasteiger partial charge in [-0.1, -0.05) is 18.2 Å². The molecule has 0 N–H and O–H groups in total. The third kappa shape index (κ3) is 4.12. The molecular weight excluding hydrogens is 345 g/mol. The quantitative estimate of drug-likeness (QED) is 0.830. The molecule has 3 rings (SSSR count). The van der Waals surface area contributed by atoms with E-state index in [0.717, 1.165) is 42.8 Å². The lowest BCUT2D eigenvalue weighted by Gasteiger charge is -2.34. The number of hydrogen-bond acceptors (Lipinski definition) is 3. The maximum atomic E-state index is 13.7. The molecule has 22 heavy (non-hydrogen) atoms. The van der Waals surface area contributed by atoms with Gasteiger partial charge in [-0.3, -0.25) is 14.8 Å². The topological polar surface area (TPSA) is 19.4 Å². The molecule has 0 amide bonds. The number of hydrogen-bond donors (Lipinski definition) is 0. The van der Waals surface area contributed by atoms with Gasteiger partial charge in [0.25, 0.3) is 0 Å². The number of pyridine rings is 1. The first-order chi connectivity index (χ1) is 10.7. The van der Waals surface area contributed by atoms with Crippen LogP contribution in [0.4, 0.5) is 4.39 Å². The van der Waals surface area contributed by atoms with E-state index in [1.807, 2.05) is 18.3 Å². The summed E-state index contributed by atoms with van der Waals surface area (Å²) in [4.78, 5) is 8.94. The van der Waals surface area contributed by atoms with E-state index in [2.05, 4.69) is 36.8 Å². The second-order valence-corrected chi connectivity index (χ2v) is 6.57. The van der Waals surface area contributed by atoms with Crippen LogP contribution < -0.4 is 0 Å². The van der Waals surface area contributed by atoms with E-state index in [1.165, 1.54) is 11.6 Å². The Morgan fingerprint density at radius 2 is 1.68 bits per heavy atom. The number of halogens is 2.